The average molecular weight is 233 g/mol. The third-order valence-electron chi connectivity index (χ3n) is 2.32. The molecule has 2 aromatic rings. The van der Waals surface area contributed by atoms with Crippen LogP contribution in [0.1, 0.15) is 10.4 Å². The Kier molecular flexibility index (Phi) is 2.93. The van der Waals surface area contributed by atoms with E-state index in [0.29, 0.717) is 11.3 Å². The number of aromatic hydroxyl groups is 1. The van der Waals surface area contributed by atoms with E-state index in [2.05, 4.69) is 0 Å². The van der Waals surface area contributed by atoms with Gasteiger partial charge in [0.1, 0.15) is 5.75 Å². The standard InChI is InChI=1S/C13H9ClO2/c14-12-3-1-2-9(6-12)10-4-5-11(8-15)13(16)7-10/h1-8,16H. The second-order valence-corrected chi connectivity index (χ2v) is 3.84. The van der Waals surface area contributed by atoms with Crippen LogP contribution in [0, 0.1) is 0 Å². The maximum atomic E-state index is 10.5. The quantitative estimate of drug-likeness (QED) is 0.805. The van der Waals surface area contributed by atoms with Crippen LogP contribution in [0.25, 0.3) is 11.1 Å². The fourth-order valence-corrected chi connectivity index (χ4v) is 1.68. The molecule has 0 saturated heterocycles. The summed E-state index contributed by atoms with van der Waals surface area (Å²) >= 11 is 5.87. The van der Waals surface area contributed by atoms with E-state index in [9.17, 15) is 9.90 Å². The molecular formula is C13H9ClO2. The van der Waals surface area contributed by atoms with Crippen LogP contribution in [-0.2, 0) is 0 Å². The number of phenolic OH excluding ortho intramolecular Hbond substituents is 1. The summed E-state index contributed by atoms with van der Waals surface area (Å²) in [4.78, 5) is 10.5. The number of benzene rings is 2. The third-order valence-corrected chi connectivity index (χ3v) is 2.55. The summed E-state index contributed by atoms with van der Waals surface area (Å²) in [6, 6.07) is 12.2. The number of halogens is 1. The molecule has 16 heavy (non-hydrogen) atoms. The van der Waals surface area contributed by atoms with Crippen LogP contribution in [0.15, 0.2) is 42.5 Å². The topological polar surface area (TPSA) is 37.3 Å². The van der Waals surface area contributed by atoms with Crippen molar-refractivity contribution in [1.82, 2.24) is 0 Å². The summed E-state index contributed by atoms with van der Waals surface area (Å²) in [5.74, 6) is -0.0209. The summed E-state index contributed by atoms with van der Waals surface area (Å²) in [5, 5.41) is 10.2. The second-order valence-electron chi connectivity index (χ2n) is 3.40. The number of carbonyl (C=O) groups excluding carboxylic acids is 1. The highest BCUT2D eigenvalue weighted by atomic mass is 35.5. The summed E-state index contributed by atoms with van der Waals surface area (Å²) < 4.78 is 0. The van der Waals surface area contributed by atoms with E-state index < -0.39 is 0 Å². The van der Waals surface area contributed by atoms with Crippen LogP contribution in [0.4, 0.5) is 0 Å². The monoisotopic (exact) mass is 232 g/mol. The predicted molar refractivity (Wildman–Crippen MR) is 63.9 cm³/mol. The predicted octanol–water partition coefficient (Wildman–Crippen LogP) is 3.53. The average Bonchev–Trinajstić information content (AvgIpc) is 2.29. The number of hydrogen-bond acceptors (Lipinski definition) is 2. The number of phenols is 1. The molecule has 0 aliphatic heterocycles. The van der Waals surface area contributed by atoms with Crippen LogP contribution in [0.5, 0.6) is 5.75 Å². The molecule has 2 aromatic carbocycles. The lowest BCUT2D eigenvalue weighted by Crippen LogP contribution is -1.83. The molecule has 0 radical (unpaired) electrons. The molecule has 3 heteroatoms. The van der Waals surface area contributed by atoms with Crippen molar-refractivity contribution in [2.45, 2.75) is 0 Å². The van der Waals surface area contributed by atoms with Crippen molar-refractivity contribution in [1.29, 1.82) is 0 Å². The molecule has 0 amide bonds. The van der Waals surface area contributed by atoms with Gasteiger partial charge in [0, 0.05) is 5.02 Å². The van der Waals surface area contributed by atoms with E-state index in [-0.39, 0.29) is 11.3 Å². The number of aldehydes is 1. The smallest absolute Gasteiger partial charge is 0.153 e. The van der Waals surface area contributed by atoms with Gasteiger partial charge in [0.15, 0.2) is 6.29 Å². The Hall–Kier alpha value is -1.80. The lowest BCUT2D eigenvalue weighted by Gasteiger charge is -2.04. The molecule has 0 fully saturated rings. The van der Waals surface area contributed by atoms with Crippen molar-refractivity contribution in [2.75, 3.05) is 0 Å². The third kappa shape index (κ3) is 2.07. The molecule has 80 valence electrons. The molecular weight excluding hydrogens is 224 g/mol. The van der Waals surface area contributed by atoms with E-state index in [1.165, 1.54) is 0 Å². The molecule has 1 N–H and O–H groups in total. The highest BCUT2D eigenvalue weighted by molar-refractivity contribution is 6.30. The first-order valence-corrected chi connectivity index (χ1v) is 5.12. The van der Waals surface area contributed by atoms with Crippen LogP contribution in [-0.4, -0.2) is 11.4 Å². The van der Waals surface area contributed by atoms with Crippen LogP contribution >= 0.6 is 11.6 Å². The molecule has 0 spiro atoms. The highest BCUT2D eigenvalue weighted by Crippen LogP contribution is 2.27. The fraction of sp³-hybridized carbons (Fsp3) is 0. The molecule has 0 bridgehead atoms. The second kappa shape index (κ2) is 4.37. The minimum Gasteiger partial charge on any atom is -0.507 e. The SMILES string of the molecule is O=Cc1ccc(-c2cccc(Cl)c2)cc1O. The molecule has 2 nitrogen and oxygen atoms in total. The van der Waals surface area contributed by atoms with Gasteiger partial charge in [-0.3, -0.25) is 4.79 Å². The van der Waals surface area contributed by atoms with Crippen molar-refractivity contribution in [3.63, 3.8) is 0 Å². The fourth-order valence-electron chi connectivity index (χ4n) is 1.49. The van der Waals surface area contributed by atoms with Gasteiger partial charge in [-0.1, -0.05) is 29.8 Å². The van der Waals surface area contributed by atoms with Gasteiger partial charge in [-0.25, -0.2) is 0 Å². The lowest BCUT2D eigenvalue weighted by atomic mass is 10.0. The minimum atomic E-state index is -0.0209. The van der Waals surface area contributed by atoms with Crippen molar-refractivity contribution >= 4 is 17.9 Å². The Morgan fingerprint density at radius 3 is 2.44 bits per heavy atom. The summed E-state index contributed by atoms with van der Waals surface area (Å²) in [6.45, 7) is 0. The first-order valence-electron chi connectivity index (χ1n) is 4.75. The zero-order valence-corrected chi connectivity index (χ0v) is 9.11. The molecule has 0 aliphatic carbocycles. The largest absolute Gasteiger partial charge is 0.507 e. The number of carbonyl (C=O) groups is 1. The molecule has 0 aromatic heterocycles. The van der Waals surface area contributed by atoms with Gasteiger partial charge in [-0.2, -0.15) is 0 Å². The Bertz CT molecular complexity index is 535. The molecule has 0 saturated carbocycles. The summed E-state index contributed by atoms with van der Waals surface area (Å²) in [7, 11) is 0. The maximum absolute atomic E-state index is 10.5. The van der Waals surface area contributed by atoms with E-state index in [1.54, 1.807) is 30.3 Å². The first kappa shape index (κ1) is 10.7. The van der Waals surface area contributed by atoms with Gasteiger partial charge in [-0.15, -0.1) is 0 Å². The van der Waals surface area contributed by atoms with Gasteiger partial charge in [-0.05, 0) is 35.4 Å². The van der Waals surface area contributed by atoms with Crippen LogP contribution < -0.4 is 0 Å². The normalized spacial score (nSPS) is 10.1. The Labute approximate surface area is 98.1 Å². The summed E-state index contributed by atoms with van der Waals surface area (Å²) in [5.41, 5.74) is 2.01. The van der Waals surface area contributed by atoms with Gasteiger partial charge >= 0.3 is 0 Å². The van der Waals surface area contributed by atoms with E-state index in [1.807, 2.05) is 12.1 Å². The van der Waals surface area contributed by atoms with Gasteiger partial charge in [0.2, 0.25) is 0 Å². The molecule has 0 unspecified atom stereocenters. The van der Waals surface area contributed by atoms with Gasteiger partial charge < -0.3 is 5.11 Å². The number of rotatable bonds is 2. The van der Waals surface area contributed by atoms with Crippen LogP contribution in [0.2, 0.25) is 5.02 Å². The van der Waals surface area contributed by atoms with Crippen molar-refractivity contribution in [3.05, 3.63) is 53.1 Å². The molecule has 0 heterocycles. The zero-order valence-electron chi connectivity index (χ0n) is 8.35. The zero-order chi connectivity index (χ0) is 11.5. The maximum Gasteiger partial charge on any atom is 0.153 e. The van der Waals surface area contributed by atoms with Crippen LogP contribution in [0.3, 0.4) is 0 Å². The Morgan fingerprint density at radius 2 is 1.81 bits per heavy atom. The minimum absolute atomic E-state index is 0.0209. The highest BCUT2D eigenvalue weighted by Gasteiger charge is 2.03. The molecule has 0 atom stereocenters. The van der Waals surface area contributed by atoms with Crippen molar-refractivity contribution in [2.24, 2.45) is 0 Å². The summed E-state index contributed by atoms with van der Waals surface area (Å²) in [6.07, 6.45) is 0.622. The Morgan fingerprint density at radius 1 is 1.06 bits per heavy atom. The van der Waals surface area contributed by atoms with E-state index in [4.69, 9.17) is 11.6 Å². The van der Waals surface area contributed by atoms with E-state index >= 15 is 0 Å². The lowest BCUT2D eigenvalue weighted by molar-refractivity contribution is 0.112. The van der Waals surface area contributed by atoms with Gasteiger partial charge in [0.05, 0.1) is 5.56 Å². The molecule has 2 rings (SSSR count). The molecule has 0 aliphatic rings. The van der Waals surface area contributed by atoms with Crippen molar-refractivity contribution < 1.29 is 9.90 Å². The Balaban J connectivity index is 2.49. The number of hydrogen-bond donors (Lipinski definition) is 1. The van der Waals surface area contributed by atoms with E-state index in [0.717, 1.165) is 11.1 Å². The first-order chi connectivity index (χ1) is 7.70. The van der Waals surface area contributed by atoms with Crippen molar-refractivity contribution in [3.8, 4) is 16.9 Å². The van der Waals surface area contributed by atoms with Gasteiger partial charge in [0.25, 0.3) is 0 Å².